The van der Waals surface area contributed by atoms with Gasteiger partial charge in [0, 0.05) is 38.1 Å². The number of amides is 1. The number of anilines is 2. The molecule has 0 spiro atoms. The number of imidazole rings is 1. The van der Waals surface area contributed by atoms with Crippen LogP contribution in [0.15, 0.2) is 30.3 Å². The Bertz CT molecular complexity index is 1380. The fourth-order valence-electron chi connectivity index (χ4n) is 4.73. The Balaban J connectivity index is 1.65. The minimum Gasteiger partial charge on any atom is -0.381 e. The van der Waals surface area contributed by atoms with Gasteiger partial charge in [0.1, 0.15) is 5.56 Å². The SMILES string of the molecule is CNC(=O)c1c(NC2CC2)c2cc(N3CCCN(C)CC3)nnc2n2c1nc1ccccc12. The van der Waals surface area contributed by atoms with Crippen molar-refractivity contribution < 1.29 is 4.79 Å². The normalized spacial score (nSPS) is 17.6. The van der Waals surface area contributed by atoms with Crippen LogP contribution in [0.25, 0.3) is 27.7 Å². The highest BCUT2D eigenvalue weighted by molar-refractivity contribution is 6.13. The molecule has 0 atom stereocenters. The predicted molar refractivity (Wildman–Crippen MR) is 130 cm³/mol. The zero-order chi connectivity index (χ0) is 22.5. The van der Waals surface area contributed by atoms with E-state index in [9.17, 15) is 4.79 Å². The molecular weight excluding hydrogens is 416 g/mol. The molecule has 1 saturated carbocycles. The van der Waals surface area contributed by atoms with Crippen LogP contribution in [0.3, 0.4) is 0 Å². The van der Waals surface area contributed by atoms with Gasteiger partial charge in [-0.1, -0.05) is 12.1 Å². The van der Waals surface area contributed by atoms with Crippen LogP contribution in [-0.2, 0) is 0 Å². The van der Waals surface area contributed by atoms with Gasteiger partial charge in [-0.25, -0.2) is 4.98 Å². The van der Waals surface area contributed by atoms with Crippen molar-refractivity contribution in [3.05, 3.63) is 35.9 Å². The number of hydrogen-bond donors (Lipinski definition) is 2. The maximum absolute atomic E-state index is 13.2. The first-order chi connectivity index (χ1) is 16.1. The lowest BCUT2D eigenvalue weighted by Gasteiger charge is -2.22. The van der Waals surface area contributed by atoms with Crippen LogP contribution in [0, 0.1) is 0 Å². The number of hydrogen-bond acceptors (Lipinski definition) is 7. The van der Waals surface area contributed by atoms with Gasteiger partial charge in [0.15, 0.2) is 17.1 Å². The zero-order valence-corrected chi connectivity index (χ0v) is 19.0. The van der Waals surface area contributed by atoms with Gasteiger partial charge < -0.3 is 20.4 Å². The summed E-state index contributed by atoms with van der Waals surface area (Å²) < 4.78 is 1.97. The van der Waals surface area contributed by atoms with Crippen LogP contribution in [0.5, 0.6) is 0 Å². The van der Waals surface area contributed by atoms with Crippen LogP contribution in [0.4, 0.5) is 11.5 Å². The molecule has 3 aromatic heterocycles. The molecule has 4 heterocycles. The summed E-state index contributed by atoms with van der Waals surface area (Å²) in [6.07, 6.45) is 3.28. The van der Waals surface area contributed by atoms with Crippen LogP contribution >= 0.6 is 0 Å². The first-order valence-corrected chi connectivity index (χ1v) is 11.7. The molecule has 0 radical (unpaired) electrons. The highest BCUT2D eigenvalue weighted by atomic mass is 16.1. The molecule has 2 aliphatic rings. The van der Waals surface area contributed by atoms with E-state index in [1.54, 1.807) is 7.05 Å². The molecule has 1 saturated heterocycles. The van der Waals surface area contributed by atoms with Crippen molar-refractivity contribution >= 4 is 45.1 Å². The number of para-hydroxylation sites is 2. The number of carbonyl (C=O) groups excluding carboxylic acids is 1. The summed E-state index contributed by atoms with van der Waals surface area (Å²) in [5.41, 5.74) is 4.42. The molecule has 0 bridgehead atoms. The molecule has 1 aliphatic heterocycles. The van der Waals surface area contributed by atoms with Crippen LogP contribution in [0.1, 0.15) is 29.6 Å². The van der Waals surface area contributed by atoms with Crippen molar-refractivity contribution in [3.63, 3.8) is 0 Å². The minimum absolute atomic E-state index is 0.157. The Hall–Kier alpha value is -3.46. The topological polar surface area (TPSA) is 90.7 Å². The quantitative estimate of drug-likeness (QED) is 0.500. The van der Waals surface area contributed by atoms with Crippen LogP contribution < -0.4 is 15.5 Å². The number of benzene rings is 1. The summed E-state index contributed by atoms with van der Waals surface area (Å²) in [6, 6.07) is 10.4. The molecule has 6 rings (SSSR count). The molecular formula is C24H28N8O. The molecule has 33 heavy (non-hydrogen) atoms. The fourth-order valence-corrected chi connectivity index (χ4v) is 4.73. The van der Waals surface area contributed by atoms with E-state index in [0.717, 1.165) is 73.4 Å². The summed E-state index contributed by atoms with van der Waals surface area (Å²) in [5, 5.41) is 16.7. The summed E-state index contributed by atoms with van der Waals surface area (Å²) >= 11 is 0. The molecule has 9 nitrogen and oxygen atoms in total. The number of rotatable bonds is 4. The van der Waals surface area contributed by atoms with Crippen LogP contribution in [0.2, 0.25) is 0 Å². The second-order valence-electron chi connectivity index (χ2n) is 9.09. The number of pyridine rings is 1. The van der Waals surface area contributed by atoms with Gasteiger partial charge in [0.2, 0.25) is 0 Å². The third kappa shape index (κ3) is 3.43. The lowest BCUT2D eigenvalue weighted by Crippen LogP contribution is -2.29. The smallest absolute Gasteiger partial charge is 0.256 e. The van der Waals surface area contributed by atoms with E-state index in [1.165, 1.54) is 0 Å². The summed E-state index contributed by atoms with van der Waals surface area (Å²) in [6.45, 7) is 3.91. The van der Waals surface area contributed by atoms with Crippen molar-refractivity contribution in [1.29, 1.82) is 0 Å². The summed E-state index contributed by atoms with van der Waals surface area (Å²) in [5.74, 6) is 0.693. The lowest BCUT2D eigenvalue weighted by atomic mass is 10.1. The minimum atomic E-state index is -0.157. The van der Waals surface area contributed by atoms with Gasteiger partial charge >= 0.3 is 0 Å². The molecule has 2 N–H and O–H groups in total. The van der Waals surface area contributed by atoms with Gasteiger partial charge in [-0.2, -0.15) is 0 Å². The Labute approximate surface area is 191 Å². The Kier molecular flexibility index (Phi) is 4.79. The highest BCUT2D eigenvalue weighted by Crippen LogP contribution is 2.37. The number of likely N-dealkylation sites (N-methyl/N-ethyl adjacent to an activating group) is 1. The second kappa shape index (κ2) is 7.84. The van der Waals surface area contributed by atoms with Crippen molar-refractivity contribution in [2.75, 3.05) is 50.5 Å². The van der Waals surface area contributed by atoms with Crippen LogP contribution in [-0.4, -0.2) is 76.7 Å². The first-order valence-electron chi connectivity index (χ1n) is 11.7. The third-order valence-corrected chi connectivity index (χ3v) is 6.70. The van der Waals surface area contributed by atoms with Gasteiger partial charge in [0.05, 0.1) is 16.7 Å². The number of fused-ring (bicyclic) bond motifs is 5. The van der Waals surface area contributed by atoms with E-state index < -0.39 is 0 Å². The fraction of sp³-hybridized carbons (Fsp3) is 0.417. The third-order valence-electron chi connectivity index (χ3n) is 6.70. The van der Waals surface area contributed by atoms with E-state index in [4.69, 9.17) is 10.1 Å². The molecule has 4 aromatic rings. The van der Waals surface area contributed by atoms with Crippen molar-refractivity contribution in [2.45, 2.75) is 25.3 Å². The molecule has 9 heteroatoms. The number of aromatic nitrogens is 4. The maximum Gasteiger partial charge on any atom is 0.256 e. The summed E-state index contributed by atoms with van der Waals surface area (Å²) in [4.78, 5) is 22.7. The average molecular weight is 445 g/mol. The lowest BCUT2D eigenvalue weighted by molar-refractivity contribution is 0.0965. The second-order valence-corrected chi connectivity index (χ2v) is 9.09. The van der Waals surface area contributed by atoms with E-state index in [2.05, 4.69) is 38.6 Å². The average Bonchev–Trinajstić information content (AvgIpc) is 3.61. The highest BCUT2D eigenvalue weighted by Gasteiger charge is 2.29. The molecule has 1 aromatic carbocycles. The van der Waals surface area contributed by atoms with Crippen molar-refractivity contribution in [3.8, 4) is 0 Å². The number of nitrogens with one attached hydrogen (secondary N) is 2. The van der Waals surface area contributed by atoms with Crippen molar-refractivity contribution in [2.24, 2.45) is 0 Å². The Morgan fingerprint density at radius 2 is 1.91 bits per heavy atom. The monoisotopic (exact) mass is 444 g/mol. The van der Waals surface area contributed by atoms with E-state index in [1.807, 2.05) is 28.7 Å². The van der Waals surface area contributed by atoms with Crippen molar-refractivity contribution in [1.82, 2.24) is 29.8 Å². The maximum atomic E-state index is 13.2. The first kappa shape index (κ1) is 20.2. The van der Waals surface area contributed by atoms with Gasteiger partial charge in [-0.3, -0.25) is 9.20 Å². The largest absolute Gasteiger partial charge is 0.381 e. The molecule has 170 valence electrons. The van der Waals surface area contributed by atoms with E-state index >= 15 is 0 Å². The number of nitrogens with zero attached hydrogens (tertiary/aromatic N) is 6. The predicted octanol–water partition coefficient (Wildman–Crippen LogP) is 2.51. The number of carbonyl (C=O) groups is 1. The molecule has 0 unspecified atom stereocenters. The standard InChI is InChI=1S/C24H28N8O/c1-25-24(33)20-21(26-15-8-9-15)16-14-19(31-11-5-10-30(2)12-13-31)28-29-22(16)32-18-7-4-3-6-17(18)27-23(20)32/h3-4,6-7,14-15,26H,5,8-13H2,1-2H3,(H,25,33). The van der Waals surface area contributed by atoms with E-state index in [0.29, 0.717) is 22.9 Å². The molecule has 1 aliphatic carbocycles. The molecule has 1 amide bonds. The van der Waals surface area contributed by atoms with E-state index in [-0.39, 0.29) is 5.91 Å². The zero-order valence-electron chi connectivity index (χ0n) is 19.0. The summed E-state index contributed by atoms with van der Waals surface area (Å²) in [7, 11) is 3.82. The van der Waals surface area contributed by atoms with Gasteiger partial charge in [0.25, 0.3) is 5.91 Å². The Morgan fingerprint density at radius 1 is 1.06 bits per heavy atom. The Morgan fingerprint density at radius 3 is 2.73 bits per heavy atom. The molecule has 2 fully saturated rings. The van der Waals surface area contributed by atoms with Gasteiger partial charge in [-0.05, 0) is 51.1 Å². The van der Waals surface area contributed by atoms with Gasteiger partial charge in [-0.15, -0.1) is 10.2 Å².